The van der Waals surface area contributed by atoms with Crippen LogP contribution < -0.4 is 5.43 Å². The number of aromatic nitrogens is 2. The summed E-state index contributed by atoms with van der Waals surface area (Å²) in [7, 11) is 0. The zero-order valence-electron chi connectivity index (χ0n) is 17.2. The van der Waals surface area contributed by atoms with Gasteiger partial charge in [-0.1, -0.05) is 48.5 Å². The summed E-state index contributed by atoms with van der Waals surface area (Å²) in [6.07, 6.45) is 1.55. The number of benzene rings is 3. The van der Waals surface area contributed by atoms with E-state index in [-0.39, 0.29) is 11.4 Å². The molecule has 2 heterocycles. The first-order valence-corrected chi connectivity index (χ1v) is 10.1. The molecule has 8 nitrogen and oxygen atoms in total. The minimum atomic E-state index is -0.461. The maximum absolute atomic E-state index is 12.9. The average molecular weight is 435 g/mol. The van der Waals surface area contributed by atoms with E-state index in [4.69, 9.17) is 0 Å². The van der Waals surface area contributed by atoms with Gasteiger partial charge >= 0.3 is 0 Å². The fourth-order valence-corrected chi connectivity index (χ4v) is 3.67. The summed E-state index contributed by atoms with van der Waals surface area (Å²) < 4.78 is 0. The van der Waals surface area contributed by atoms with Gasteiger partial charge in [-0.15, -0.1) is 0 Å². The Hall–Kier alpha value is -4.85. The number of aromatic amines is 1. The zero-order chi connectivity index (χ0) is 22.8. The summed E-state index contributed by atoms with van der Waals surface area (Å²) in [6, 6.07) is 25.0. The summed E-state index contributed by atoms with van der Waals surface area (Å²) in [4.78, 5) is 31.4. The molecule has 5 rings (SSSR count). The fourth-order valence-electron chi connectivity index (χ4n) is 3.67. The predicted octanol–water partition coefficient (Wildman–Crippen LogP) is 5.06. The van der Waals surface area contributed by atoms with Crippen LogP contribution in [0.4, 0.5) is 5.69 Å². The van der Waals surface area contributed by atoms with E-state index >= 15 is 0 Å². The van der Waals surface area contributed by atoms with E-state index in [0.717, 1.165) is 27.4 Å². The van der Waals surface area contributed by atoms with Gasteiger partial charge in [-0.2, -0.15) is 5.10 Å². The molecule has 2 aromatic heterocycles. The number of para-hydroxylation sites is 1. The first-order chi connectivity index (χ1) is 16.1. The number of hydrogen-bond acceptors (Lipinski definition) is 5. The van der Waals surface area contributed by atoms with Crippen molar-refractivity contribution in [3.05, 3.63) is 106 Å². The number of fused-ring (bicyclic) bond motifs is 3. The molecule has 2 N–H and O–H groups in total. The number of carbonyl (C=O) groups is 1. The summed E-state index contributed by atoms with van der Waals surface area (Å²) >= 11 is 0. The summed E-state index contributed by atoms with van der Waals surface area (Å²) in [5.74, 6) is -0.461. The number of non-ortho nitro benzene ring substituents is 1. The quantitative estimate of drug-likeness (QED) is 0.228. The molecule has 160 valence electrons. The van der Waals surface area contributed by atoms with Crippen molar-refractivity contribution in [1.82, 2.24) is 15.4 Å². The highest BCUT2D eigenvalue weighted by atomic mass is 16.6. The highest BCUT2D eigenvalue weighted by Crippen LogP contribution is 2.33. The molecule has 0 bridgehead atoms. The Morgan fingerprint density at radius 1 is 0.970 bits per heavy atom. The molecule has 5 aromatic rings. The molecule has 0 aliphatic carbocycles. The molecule has 8 heteroatoms. The zero-order valence-corrected chi connectivity index (χ0v) is 17.2. The standard InChI is InChI=1S/C25H17N5O3/c31-25(29-26-15-16-6-2-1-3-7-16)22-14-20-19-8-4-5-9-21(19)27-24(20)23(28-22)17-10-12-18(13-11-17)30(32)33/h1-15,27H,(H,29,31)/b26-15+. The molecule has 0 spiro atoms. The number of carbonyl (C=O) groups excluding carboxylic acids is 1. The number of nitro groups is 1. The molecule has 0 saturated heterocycles. The molecular formula is C25H17N5O3. The second kappa shape index (κ2) is 8.35. The smallest absolute Gasteiger partial charge is 0.289 e. The number of hydrogen-bond donors (Lipinski definition) is 2. The van der Waals surface area contributed by atoms with E-state index in [9.17, 15) is 14.9 Å². The molecule has 0 radical (unpaired) electrons. The van der Waals surface area contributed by atoms with Crippen LogP contribution in [0, 0.1) is 10.1 Å². The molecule has 0 saturated carbocycles. The molecule has 1 amide bonds. The fraction of sp³-hybridized carbons (Fsp3) is 0. The largest absolute Gasteiger partial charge is 0.353 e. The number of nitro benzene ring substituents is 1. The molecule has 0 aliphatic heterocycles. The van der Waals surface area contributed by atoms with Crippen LogP contribution >= 0.6 is 0 Å². The van der Waals surface area contributed by atoms with Gasteiger partial charge in [0, 0.05) is 34.0 Å². The second-order valence-corrected chi connectivity index (χ2v) is 7.36. The van der Waals surface area contributed by atoms with Gasteiger partial charge in [0.05, 0.1) is 22.3 Å². The average Bonchev–Trinajstić information content (AvgIpc) is 3.23. The Balaban J connectivity index is 1.59. The van der Waals surface area contributed by atoms with E-state index in [1.165, 1.54) is 12.1 Å². The molecular weight excluding hydrogens is 418 g/mol. The summed E-state index contributed by atoms with van der Waals surface area (Å²) in [6.45, 7) is 0. The lowest BCUT2D eigenvalue weighted by molar-refractivity contribution is -0.384. The van der Waals surface area contributed by atoms with Crippen molar-refractivity contribution in [2.24, 2.45) is 5.10 Å². The first-order valence-electron chi connectivity index (χ1n) is 10.1. The minimum Gasteiger partial charge on any atom is -0.353 e. The van der Waals surface area contributed by atoms with Crippen LogP contribution in [0.5, 0.6) is 0 Å². The first kappa shape index (κ1) is 20.1. The number of H-pyrrole nitrogens is 1. The van der Waals surface area contributed by atoms with Gasteiger partial charge in [-0.3, -0.25) is 14.9 Å². The Kier molecular flexibility index (Phi) is 5.08. The molecule has 0 unspecified atom stereocenters. The minimum absolute atomic E-state index is 0.0178. The van der Waals surface area contributed by atoms with Crippen molar-refractivity contribution >= 4 is 39.6 Å². The van der Waals surface area contributed by atoms with Gasteiger partial charge < -0.3 is 4.98 Å². The maximum atomic E-state index is 12.9. The molecule has 0 aliphatic rings. The Bertz CT molecular complexity index is 1520. The lowest BCUT2D eigenvalue weighted by atomic mass is 10.1. The molecule has 3 aromatic carbocycles. The van der Waals surface area contributed by atoms with Crippen LogP contribution in [0.15, 0.2) is 90.0 Å². The topological polar surface area (TPSA) is 113 Å². The van der Waals surface area contributed by atoms with E-state index < -0.39 is 10.8 Å². The Labute approximate surface area is 187 Å². The van der Waals surface area contributed by atoms with Crippen LogP contribution in [0.25, 0.3) is 33.1 Å². The lowest BCUT2D eigenvalue weighted by Crippen LogP contribution is -2.19. The molecule has 0 fully saturated rings. The summed E-state index contributed by atoms with van der Waals surface area (Å²) in [5, 5.41) is 16.8. The van der Waals surface area contributed by atoms with Gasteiger partial charge in [0.15, 0.2) is 0 Å². The van der Waals surface area contributed by atoms with Crippen LogP contribution in [-0.4, -0.2) is 27.0 Å². The monoisotopic (exact) mass is 435 g/mol. The van der Waals surface area contributed by atoms with Crippen LogP contribution in [0.3, 0.4) is 0 Å². The van der Waals surface area contributed by atoms with Crippen LogP contribution in [0.1, 0.15) is 16.1 Å². The van der Waals surface area contributed by atoms with E-state index in [2.05, 4.69) is 20.5 Å². The van der Waals surface area contributed by atoms with Gasteiger partial charge in [0.2, 0.25) is 0 Å². The predicted molar refractivity (Wildman–Crippen MR) is 127 cm³/mol. The third-order valence-electron chi connectivity index (χ3n) is 5.26. The molecule has 33 heavy (non-hydrogen) atoms. The number of nitrogens with zero attached hydrogens (tertiary/aromatic N) is 3. The number of pyridine rings is 1. The Morgan fingerprint density at radius 2 is 1.70 bits per heavy atom. The highest BCUT2D eigenvalue weighted by molar-refractivity contribution is 6.13. The van der Waals surface area contributed by atoms with Gasteiger partial charge in [-0.05, 0) is 29.8 Å². The third kappa shape index (κ3) is 3.92. The number of nitrogens with one attached hydrogen (secondary N) is 2. The number of rotatable bonds is 5. The highest BCUT2D eigenvalue weighted by Gasteiger charge is 2.17. The van der Waals surface area contributed by atoms with Crippen LogP contribution in [0.2, 0.25) is 0 Å². The summed E-state index contributed by atoms with van der Waals surface area (Å²) in [5.41, 5.74) is 6.36. The SMILES string of the molecule is O=C(N/N=C/c1ccccc1)c1cc2c([nH]c3ccccc32)c(-c2ccc([N+](=O)[O-])cc2)n1. The van der Waals surface area contributed by atoms with E-state index in [0.29, 0.717) is 11.3 Å². The normalized spacial score (nSPS) is 11.3. The Morgan fingerprint density at radius 3 is 2.45 bits per heavy atom. The number of hydrazone groups is 1. The van der Waals surface area contributed by atoms with E-state index in [1.54, 1.807) is 24.4 Å². The van der Waals surface area contributed by atoms with Crippen molar-refractivity contribution in [1.29, 1.82) is 0 Å². The van der Waals surface area contributed by atoms with Crippen molar-refractivity contribution in [2.45, 2.75) is 0 Å². The van der Waals surface area contributed by atoms with Gasteiger partial charge in [0.1, 0.15) is 5.69 Å². The van der Waals surface area contributed by atoms with E-state index in [1.807, 2.05) is 54.6 Å². The second-order valence-electron chi connectivity index (χ2n) is 7.36. The van der Waals surface area contributed by atoms with Gasteiger partial charge in [-0.25, -0.2) is 10.4 Å². The van der Waals surface area contributed by atoms with Gasteiger partial charge in [0.25, 0.3) is 11.6 Å². The van der Waals surface area contributed by atoms with Crippen molar-refractivity contribution < 1.29 is 9.72 Å². The van der Waals surface area contributed by atoms with Crippen LogP contribution in [-0.2, 0) is 0 Å². The number of amides is 1. The van der Waals surface area contributed by atoms with Crippen molar-refractivity contribution in [3.8, 4) is 11.3 Å². The molecule has 0 atom stereocenters. The maximum Gasteiger partial charge on any atom is 0.289 e. The van der Waals surface area contributed by atoms with Crippen molar-refractivity contribution in [3.63, 3.8) is 0 Å². The van der Waals surface area contributed by atoms with Crippen molar-refractivity contribution in [2.75, 3.05) is 0 Å². The third-order valence-corrected chi connectivity index (χ3v) is 5.26. The lowest BCUT2D eigenvalue weighted by Gasteiger charge is -2.07.